The molecule has 1 heterocycles. The summed E-state index contributed by atoms with van der Waals surface area (Å²) in [5, 5.41) is 7.54. The summed E-state index contributed by atoms with van der Waals surface area (Å²) in [6, 6.07) is 15.2. The number of carbonyl (C=O) groups excluding carboxylic acids is 2. The lowest BCUT2D eigenvalue weighted by atomic mass is 9.96. The van der Waals surface area contributed by atoms with Crippen molar-refractivity contribution in [3.05, 3.63) is 48.0 Å². The van der Waals surface area contributed by atoms with Crippen LogP contribution >= 0.6 is 0 Å². The number of fused-ring (bicyclic) bond motifs is 1. The van der Waals surface area contributed by atoms with Crippen LogP contribution in [0.25, 0.3) is 10.8 Å². The van der Waals surface area contributed by atoms with Gasteiger partial charge in [-0.2, -0.15) is 0 Å². The summed E-state index contributed by atoms with van der Waals surface area (Å²) < 4.78 is 11.8. The molecule has 0 aromatic heterocycles. The standard InChI is InChI=1S/C22H30N4O3S2/c1-16(19-9-5-7-17-6-3-4-8-20(17)19)25-12-10-18(11-13-25)26(31(29)30)15-22(28)24-14-21(27)23-2/h3-9,16,18H,10-15H2,1-2H3,(H,23,27)(H,24,28)(H,29,30). The molecule has 0 saturated carbocycles. The van der Waals surface area contributed by atoms with E-state index in [0.29, 0.717) is 0 Å². The van der Waals surface area contributed by atoms with E-state index in [0.717, 1.165) is 25.9 Å². The average Bonchev–Trinajstić information content (AvgIpc) is 2.80. The molecule has 1 aliphatic rings. The molecular formula is C22H30N4O3S2. The van der Waals surface area contributed by atoms with Gasteiger partial charge in [-0.25, -0.2) is 4.31 Å². The zero-order chi connectivity index (χ0) is 22.4. The second-order valence-corrected chi connectivity index (χ2v) is 9.59. The van der Waals surface area contributed by atoms with Crippen LogP contribution in [-0.2, 0) is 30.7 Å². The minimum absolute atomic E-state index is 0.0103. The second kappa shape index (κ2) is 11.1. The normalized spacial score (nSPS) is 17.4. The van der Waals surface area contributed by atoms with E-state index in [1.165, 1.54) is 23.4 Å². The number of carbonyl (C=O) groups is 2. The third-order valence-corrected chi connectivity index (χ3v) is 7.36. The van der Waals surface area contributed by atoms with Gasteiger partial charge in [-0.1, -0.05) is 42.5 Å². The van der Waals surface area contributed by atoms with Gasteiger partial charge >= 0.3 is 0 Å². The van der Waals surface area contributed by atoms with Crippen LogP contribution in [0, 0.1) is 0 Å². The van der Waals surface area contributed by atoms with E-state index < -0.39 is 9.92 Å². The number of piperidine rings is 1. The number of nitrogens with one attached hydrogen (secondary N) is 2. The molecule has 3 rings (SSSR count). The highest BCUT2D eigenvalue weighted by molar-refractivity contribution is 8.24. The van der Waals surface area contributed by atoms with Crippen LogP contribution in [-0.4, -0.2) is 64.8 Å². The molecule has 0 spiro atoms. The van der Waals surface area contributed by atoms with Crippen molar-refractivity contribution >= 4 is 43.7 Å². The first-order chi connectivity index (χ1) is 14.9. The summed E-state index contributed by atoms with van der Waals surface area (Å²) in [7, 11) is 0.0888. The number of nitrogens with zero attached hydrogens (tertiary/aromatic N) is 2. The first-order valence-electron chi connectivity index (χ1n) is 10.5. The van der Waals surface area contributed by atoms with Crippen molar-refractivity contribution in [2.75, 3.05) is 33.2 Å². The predicted octanol–water partition coefficient (Wildman–Crippen LogP) is 2.00. The van der Waals surface area contributed by atoms with Gasteiger partial charge < -0.3 is 15.2 Å². The van der Waals surface area contributed by atoms with Gasteiger partial charge in [0.15, 0.2) is 0 Å². The Bertz CT molecular complexity index is 942. The zero-order valence-corrected chi connectivity index (χ0v) is 19.5. The first-order valence-corrected chi connectivity index (χ1v) is 12.5. The van der Waals surface area contributed by atoms with Crippen LogP contribution < -0.4 is 10.6 Å². The lowest BCUT2D eigenvalue weighted by Gasteiger charge is -2.40. The van der Waals surface area contributed by atoms with Gasteiger partial charge in [0, 0.05) is 32.2 Å². The Morgan fingerprint density at radius 1 is 1.19 bits per heavy atom. The van der Waals surface area contributed by atoms with Crippen molar-refractivity contribution in [1.29, 1.82) is 0 Å². The highest BCUT2D eigenvalue weighted by Gasteiger charge is 2.30. The number of hydrogen-bond acceptors (Lipinski definition) is 4. The van der Waals surface area contributed by atoms with Crippen molar-refractivity contribution in [2.24, 2.45) is 0 Å². The van der Waals surface area contributed by atoms with Gasteiger partial charge in [0.25, 0.3) is 0 Å². The number of benzene rings is 2. The Labute approximate surface area is 190 Å². The molecule has 0 aliphatic carbocycles. The molecule has 1 saturated heterocycles. The summed E-state index contributed by atoms with van der Waals surface area (Å²) in [5.41, 5.74) is 1.31. The number of amides is 2. The van der Waals surface area contributed by atoms with Gasteiger partial charge in [0.1, 0.15) is 0 Å². The van der Waals surface area contributed by atoms with E-state index in [4.69, 9.17) is 11.2 Å². The lowest BCUT2D eigenvalue weighted by molar-refractivity contribution is -0.126. The van der Waals surface area contributed by atoms with Crippen molar-refractivity contribution in [2.45, 2.75) is 31.8 Å². The molecule has 0 radical (unpaired) electrons. The minimum atomic E-state index is -1.43. The summed E-state index contributed by atoms with van der Waals surface area (Å²) in [6.07, 6.45) is 1.64. The Hall–Kier alpha value is -1.91. The predicted molar refractivity (Wildman–Crippen MR) is 128 cm³/mol. The maximum Gasteiger partial charge on any atom is 0.239 e. The molecule has 7 nitrogen and oxygen atoms in total. The van der Waals surface area contributed by atoms with Gasteiger partial charge in [0.2, 0.25) is 11.8 Å². The van der Waals surface area contributed by atoms with Crippen molar-refractivity contribution in [1.82, 2.24) is 19.8 Å². The van der Waals surface area contributed by atoms with Crippen molar-refractivity contribution in [3.8, 4) is 0 Å². The molecule has 2 amide bonds. The molecule has 2 aromatic carbocycles. The Balaban J connectivity index is 1.61. The van der Waals surface area contributed by atoms with Crippen LogP contribution in [0.15, 0.2) is 42.5 Å². The number of hydrogen-bond donors (Lipinski definition) is 3. The molecule has 1 aliphatic heterocycles. The van der Waals surface area contributed by atoms with E-state index in [-0.39, 0.29) is 37.0 Å². The molecule has 2 atom stereocenters. The van der Waals surface area contributed by atoms with Crippen LogP contribution in [0.5, 0.6) is 0 Å². The van der Waals surface area contributed by atoms with Crippen molar-refractivity contribution < 1.29 is 14.1 Å². The quantitative estimate of drug-likeness (QED) is 0.557. The molecule has 9 heteroatoms. The fourth-order valence-electron chi connectivity index (χ4n) is 4.15. The summed E-state index contributed by atoms with van der Waals surface area (Å²) >= 11 is 5.10. The highest BCUT2D eigenvalue weighted by atomic mass is 32.8. The topological polar surface area (TPSA) is 84.9 Å². The first kappa shape index (κ1) is 23.7. The van der Waals surface area contributed by atoms with E-state index >= 15 is 0 Å². The molecule has 168 valence electrons. The van der Waals surface area contributed by atoms with Gasteiger partial charge in [-0.15, -0.1) is 0 Å². The van der Waals surface area contributed by atoms with E-state index in [9.17, 15) is 14.1 Å². The van der Waals surface area contributed by atoms with Gasteiger partial charge in [-0.05, 0) is 47.3 Å². The van der Waals surface area contributed by atoms with E-state index in [2.05, 4.69) is 64.9 Å². The number of likely N-dealkylation sites (N-methyl/N-ethyl adjacent to an activating group) is 1. The van der Waals surface area contributed by atoms with Gasteiger partial charge in [0.05, 0.1) is 23.0 Å². The van der Waals surface area contributed by atoms with Crippen molar-refractivity contribution in [3.63, 3.8) is 0 Å². The molecular weight excluding hydrogens is 432 g/mol. The van der Waals surface area contributed by atoms with Crippen LogP contribution in [0.3, 0.4) is 0 Å². The maximum atomic E-state index is 12.2. The van der Waals surface area contributed by atoms with Gasteiger partial charge in [-0.3, -0.25) is 14.5 Å². The lowest BCUT2D eigenvalue weighted by Crippen LogP contribution is -2.49. The monoisotopic (exact) mass is 462 g/mol. The Morgan fingerprint density at radius 3 is 2.55 bits per heavy atom. The maximum absolute atomic E-state index is 12.2. The third kappa shape index (κ3) is 6.08. The SMILES string of the molecule is CNC(=O)CNC(=O)CN(C1CCN(C(C)c2cccc3ccccc23)CC1)S(O)=S. The largest absolute Gasteiger partial charge is 0.358 e. The summed E-state index contributed by atoms with van der Waals surface area (Å²) in [4.78, 5) is 26.0. The molecule has 31 heavy (non-hydrogen) atoms. The number of rotatable bonds is 8. The van der Waals surface area contributed by atoms with E-state index in [1.807, 2.05) is 0 Å². The van der Waals surface area contributed by atoms with Crippen LogP contribution in [0.4, 0.5) is 0 Å². The third-order valence-electron chi connectivity index (χ3n) is 5.95. The zero-order valence-electron chi connectivity index (χ0n) is 17.9. The minimum Gasteiger partial charge on any atom is -0.358 e. The highest BCUT2D eigenvalue weighted by Crippen LogP contribution is 2.31. The molecule has 2 aromatic rings. The van der Waals surface area contributed by atoms with E-state index in [1.54, 1.807) is 4.31 Å². The Kier molecular flexibility index (Phi) is 8.50. The summed E-state index contributed by atoms with van der Waals surface area (Å²) in [5.74, 6) is -0.580. The fraction of sp³-hybridized carbons (Fsp3) is 0.455. The smallest absolute Gasteiger partial charge is 0.239 e. The second-order valence-electron chi connectivity index (χ2n) is 7.77. The Morgan fingerprint density at radius 2 is 1.87 bits per heavy atom. The van der Waals surface area contributed by atoms with Crippen LogP contribution in [0.2, 0.25) is 0 Å². The molecule has 0 bridgehead atoms. The summed E-state index contributed by atoms with van der Waals surface area (Å²) in [6.45, 7) is 3.86. The van der Waals surface area contributed by atoms with Crippen LogP contribution in [0.1, 0.15) is 31.4 Å². The molecule has 2 unspecified atom stereocenters. The average molecular weight is 463 g/mol. The molecule has 1 fully saturated rings. The number of likely N-dealkylation sites (tertiary alicyclic amines) is 1. The fourth-order valence-corrected chi connectivity index (χ4v) is 5.37. The molecule has 3 N–H and O–H groups in total.